The highest BCUT2D eigenvalue weighted by Gasteiger charge is 2.30. The van der Waals surface area contributed by atoms with E-state index < -0.39 is 6.29 Å². The van der Waals surface area contributed by atoms with Gasteiger partial charge in [-0.25, -0.2) is 4.98 Å². The Morgan fingerprint density at radius 1 is 1.03 bits per heavy atom. The molecule has 0 amide bonds. The number of hydrogen-bond donors (Lipinski definition) is 0. The number of para-hydroxylation sites is 1. The average Bonchev–Trinajstić information content (AvgIpc) is 3.30. The third-order valence-electron chi connectivity index (χ3n) is 5.08. The molecule has 0 spiro atoms. The Kier molecular flexibility index (Phi) is 4.84. The first-order valence-electron chi connectivity index (χ1n) is 9.68. The standard InChI is InChI=1S/C26H19NO2S/c1-17-7-10-19(11-8-17)25-21(12-9-18-13-14-30-16-18)24-22(26(28-2)29-25)15-20-5-3-4-6-23(20)27-24/h3-8,10-11,13-16,26H,1-2H3. The maximum atomic E-state index is 6.34. The summed E-state index contributed by atoms with van der Waals surface area (Å²) in [6.45, 7) is 2.07. The molecule has 1 aliphatic heterocycles. The molecule has 0 saturated carbocycles. The van der Waals surface area contributed by atoms with Crippen molar-refractivity contribution < 1.29 is 9.47 Å². The molecule has 3 heterocycles. The molecule has 4 heteroatoms. The molecule has 0 N–H and O–H groups in total. The molecule has 0 bridgehead atoms. The van der Waals surface area contributed by atoms with Crippen molar-refractivity contribution in [2.75, 3.05) is 7.11 Å². The minimum Gasteiger partial charge on any atom is -0.458 e. The molecule has 1 aliphatic rings. The van der Waals surface area contributed by atoms with E-state index in [9.17, 15) is 0 Å². The lowest BCUT2D eigenvalue weighted by Crippen LogP contribution is -2.16. The van der Waals surface area contributed by atoms with Gasteiger partial charge in [0.05, 0.1) is 16.8 Å². The van der Waals surface area contributed by atoms with Gasteiger partial charge in [0, 0.05) is 34.6 Å². The molecule has 5 rings (SSSR count). The molecule has 30 heavy (non-hydrogen) atoms. The molecular weight excluding hydrogens is 390 g/mol. The van der Waals surface area contributed by atoms with Crippen molar-refractivity contribution in [2.24, 2.45) is 0 Å². The fourth-order valence-electron chi connectivity index (χ4n) is 3.53. The number of allylic oxidation sites excluding steroid dienone is 1. The number of methoxy groups -OCH3 is 1. The molecule has 0 saturated heterocycles. The first-order chi connectivity index (χ1) is 14.7. The van der Waals surface area contributed by atoms with Gasteiger partial charge in [0.2, 0.25) is 6.29 Å². The minimum atomic E-state index is -0.542. The maximum absolute atomic E-state index is 6.34. The summed E-state index contributed by atoms with van der Waals surface area (Å²) >= 11 is 1.63. The Balaban J connectivity index is 1.78. The largest absolute Gasteiger partial charge is 0.458 e. The zero-order valence-electron chi connectivity index (χ0n) is 16.7. The van der Waals surface area contributed by atoms with Crippen LogP contribution in [0.1, 0.15) is 34.2 Å². The summed E-state index contributed by atoms with van der Waals surface area (Å²) in [4.78, 5) is 4.97. The highest BCUT2D eigenvalue weighted by Crippen LogP contribution is 2.41. The molecule has 0 fully saturated rings. The summed E-state index contributed by atoms with van der Waals surface area (Å²) in [6, 6.07) is 20.4. The summed E-state index contributed by atoms with van der Waals surface area (Å²) in [5.41, 5.74) is 6.52. The second-order valence-corrected chi connectivity index (χ2v) is 7.92. The van der Waals surface area contributed by atoms with Crippen LogP contribution in [0.4, 0.5) is 0 Å². The predicted octanol–water partition coefficient (Wildman–Crippen LogP) is 6.20. The van der Waals surface area contributed by atoms with E-state index in [1.165, 1.54) is 5.56 Å². The Morgan fingerprint density at radius 2 is 1.87 bits per heavy atom. The van der Waals surface area contributed by atoms with Crippen molar-refractivity contribution in [3.63, 3.8) is 0 Å². The van der Waals surface area contributed by atoms with Crippen LogP contribution in [0.2, 0.25) is 0 Å². The van der Waals surface area contributed by atoms with Crippen molar-refractivity contribution in [3.05, 3.63) is 99.4 Å². The van der Waals surface area contributed by atoms with E-state index in [0.29, 0.717) is 5.76 Å². The molecule has 2 aromatic carbocycles. The van der Waals surface area contributed by atoms with Crippen molar-refractivity contribution in [1.29, 1.82) is 0 Å². The lowest BCUT2D eigenvalue weighted by atomic mass is 9.96. The van der Waals surface area contributed by atoms with Gasteiger partial charge in [0.25, 0.3) is 0 Å². The van der Waals surface area contributed by atoms with Gasteiger partial charge in [-0.15, -0.1) is 0 Å². The lowest BCUT2D eigenvalue weighted by molar-refractivity contribution is -0.0770. The van der Waals surface area contributed by atoms with Crippen LogP contribution in [0.15, 0.2) is 71.4 Å². The normalized spacial score (nSPS) is 15.3. The number of ether oxygens (including phenoxy) is 2. The number of nitrogens with zero attached hydrogens (tertiary/aromatic N) is 1. The van der Waals surface area contributed by atoms with Crippen molar-refractivity contribution in [1.82, 2.24) is 4.98 Å². The highest BCUT2D eigenvalue weighted by atomic mass is 32.1. The smallest absolute Gasteiger partial charge is 0.228 e. The second kappa shape index (κ2) is 7.79. The van der Waals surface area contributed by atoms with Gasteiger partial charge in [0.1, 0.15) is 5.76 Å². The van der Waals surface area contributed by atoms with Crippen LogP contribution in [0.5, 0.6) is 0 Å². The van der Waals surface area contributed by atoms with E-state index in [-0.39, 0.29) is 0 Å². The number of benzene rings is 2. The Morgan fingerprint density at radius 3 is 2.63 bits per heavy atom. The third-order valence-corrected chi connectivity index (χ3v) is 5.76. The van der Waals surface area contributed by atoms with Crippen molar-refractivity contribution in [3.8, 4) is 11.8 Å². The molecule has 146 valence electrons. The van der Waals surface area contributed by atoms with E-state index in [1.54, 1.807) is 18.4 Å². The first kappa shape index (κ1) is 18.6. The molecule has 1 unspecified atom stereocenters. The number of hydrogen-bond acceptors (Lipinski definition) is 4. The fraction of sp³-hybridized carbons (Fsp3) is 0.115. The molecule has 1 atom stereocenters. The zero-order valence-corrected chi connectivity index (χ0v) is 17.5. The van der Waals surface area contributed by atoms with Gasteiger partial charge in [-0.05, 0) is 30.5 Å². The van der Waals surface area contributed by atoms with E-state index in [4.69, 9.17) is 14.5 Å². The predicted molar refractivity (Wildman–Crippen MR) is 122 cm³/mol. The van der Waals surface area contributed by atoms with Crippen LogP contribution < -0.4 is 0 Å². The van der Waals surface area contributed by atoms with E-state index in [2.05, 4.69) is 49.1 Å². The molecule has 4 aromatic rings. The third kappa shape index (κ3) is 3.39. The van der Waals surface area contributed by atoms with Gasteiger partial charge in [0.15, 0.2) is 0 Å². The van der Waals surface area contributed by atoms with Crippen LogP contribution in [0, 0.1) is 18.8 Å². The van der Waals surface area contributed by atoms with Gasteiger partial charge < -0.3 is 9.47 Å². The Hall–Kier alpha value is -3.39. The summed E-state index contributed by atoms with van der Waals surface area (Å²) in [5, 5.41) is 5.11. The van der Waals surface area contributed by atoms with Gasteiger partial charge in [-0.1, -0.05) is 59.9 Å². The summed E-state index contributed by atoms with van der Waals surface area (Å²) in [7, 11) is 1.65. The molecular formula is C26H19NO2S. The SMILES string of the molecule is COC1OC(c2ccc(C)cc2)=C(C#Cc2ccsc2)c2nc3ccccc3cc21. The number of aromatic nitrogens is 1. The van der Waals surface area contributed by atoms with Gasteiger partial charge >= 0.3 is 0 Å². The molecule has 3 nitrogen and oxygen atoms in total. The summed E-state index contributed by atoms with van der Waals surface area (Å²) in [5.74, 6) is 7.31. The minimum absolute atomic E-state index is 0.542. The van der Waals surface area contributed by atoms with Crippen molar-refractivity contribution in [2.45, 2.75) is 13.2 Å². The topological polar surface area (TPSA) is 31.4 Å². The van der Waals surface area contributed by atoms with E-state index >= 15 is 0 Å². The molecule has 2 aromatic heterocycles. The highest BCUT2D eigenvalue weighted by molar-refractivity contribution is 7.08. The number of fused-ring (bicyclic) bond motifs is 2. The second-order valence-electron chi connectivity index (χ2n) is 7.14. The molecule has 0 radical (unpaired) electrons. The molecule has 0 aliphatic carbocycles. The summed E-state index contributed by atoms with van der Waals surface area (Å²) in [6.07, 6.45) is -0.542. The summed E-state index contributed by atoms with van der Waals surface area (Å²) < 4.78 is 12.0. The monoisotopic (exact) mass is 409 g/mol. The van der Waals surface area contributed by atoms with Crippen LogP contribution in [-0.2, 0) is 9.47 Å². The number of pyridine rings is 1. The van der Waals surface area contributed by atoms with E-state index in [1.807, 2.05) is 41.1 Å². The zero-order chi connectivity index (χ0) is 20.5. The van der Waals surface area contributed by atoms with Crippen LogP contribution in [0.3, 0.4) is 0 Å². The Labute approximate surface area is 179 Å². The lowest BCUT2D eigenvalue weighted by Gasteiger charge is -2.28. The number of thiophene rings is 1. The fourth-order valence-corrected chi connectivity index (χ4v) is 4.12. The number of rotatable bonds is 2. The Bertz CT molecular complexity index is 1310. The van der Waals surface area contributed by atoms with Crippen molar-refractivity contribution >= 4 is 33.6 Å². The maximum Gasteiger partial charge on any atom is 0.228 e. The van der Waals surface area contributed by atoms with Gasteiger partial charge in [-0.3, -0.25) is 0 Å². The number of aryl methyl sites for hydroxylation is 1. The average molecular weight is 410 g/mol. The van der Waals surface area contributed by atoms with E-state index in [0.717, 1.165) is 38.9 Å². The van der Waals surface area contributed by atoms with Crippen LogP contribution in [0.25, 0.3) is 22.2 Å². The van der Waals surface area contributed by atoms with Crippen LogP contribution in [-0.4, -0.2) is 12.1 Å². The van der Waals surface area contributed by atoms with Gasteiger partial charge in [-0.2, -0.15) is 11.3 Å². The van der Waals surface area contributed by atoms with Crippen LogP contribution >= 0.6 is 11.3 Å². The quantitative estimate of drug-likeness (QED) is 0.369. The first-order valence-corrected chi connectivity index (χ1v) is 10.6.